The Labute approximate surface area is 149 Å². The quantitative estimate of drug-likeness (QED) is 0.671. The van der Waals surface area contributed by atoms with E-state index in [9.17, 15) is 0 Å². The molecule has 0 aromatic carbocycles. The molecule has 1 aliphatic carbocycles. The summed E-state index contributed by atoms with van der Waals surface area (Å²) in [5.74, 6) is 8.26. The molecule has 124 valence electrons. The minimum absolute atomic E-state index is 0.123. The number of hydrogen-bond donors (Lipinski definition) is 2. The van der Waals surface area contributed by atoms with Gasteiger partial charge in [-0.15, -0.1) is 11.3 Å². The van der Waals surface area contributed by atoms with Gasteiger partial charge in [0.15, 0.2) is 0 Å². The van der Waals surface area contributed by atoms with E-state index < -0.39 is 0 Å². The van der Waals surface area contributed by atoms with Crippen molar-refractivity contribution in [3.63, 3.8) is 0 Å². The maximum absolute atomic E-state index is 6.03. The maximum atomic E-state index is 6.03. The molecule has 3 N–H and O–H groups in total. The molecule has 3 aromatic heterocycles. The molecular formula is C18H19N3OS2. The van der Waals surface area contributed by atoms with E-state index in [0.29, 0.717) is 12.5 Å². The van der Waals surface area contributed by atoms with Gasteiger partial charge in [0.1, 0.15) is 16.3 Å². The van der Waals surface area contributed by atoms with Gasteiger partial charge >= 0.3 is 0 Å². The van der Waals surface area contributed by atoms with Crippen LogP contribution in [0, 0.1) is 17.8 Å². The summed E-state index contributed by atoms with van der Waals surface area (Å²) in [5, 5.41) is 4.51. The highest BCUT2D eigenvalue weighted by atomic mass is 32.1. The average Bonchev–Trinajstić information content (AvgIpc) is 2.95. The van der Waals surface area contributed by atoms with Gasteiger partial charge in [-0.25, -0.2) is 0 Å². The Kier molecular flexibility index (Phi) is 4.31. The lowest BCUT2D eigenvalue weighted by atomic mass is 10.1. The number of rotatable bonds is 5. The number of nitrogens with one attached hydrogen (secondary N) is 1. The largest absolute Gasteiger partial charge is 0.467 e. The van der Waals surface area contributed by atoms with Crippen molar-refractivity contribution in [2.45, 2.75) is 38.8 Å². The summed E-state index contributed by atoms with van der Waals surface area (Å²) in [7, 11) is 0. The van der Waals surface area contributed by atoms with Crippen LogP contribution in [0.4, 0.5) is 5.00 Å². The Bertz CT molecular complexity index is 892. The molecular weight excluding hydrogens is 338 g/mol. The van der Waals surface area contributed by atoms with E-state index in [-0.39, 0.29) is 6.04 Å². The summed E-state index contributed by atoms with van der Waals surface area (Å²) >= 11 is 3.26. The third-order valence-corrected chi connectivity index (χ3v) is 6.03. The molecule has 1 fully saturated rings. The molecule has 1 atom stereocenters. The lowest BCUT2D eigenvalue weighted by molar-refractivity contribution is 0.518. The van der Waals surface area contributed by atoms with Crippen molar-refractivity contribution in [1.29, 1.82) is 0 Å². The third-order valence-electron chi connectivity index (χ3n) is 3.88. The predicted octanol–water partition coefficient (Wildman–Crippen LogP) is 4.21. The van der Waals surface area contributed by atoms with Gasteiger partial charge in [-0.2, -0.15) is 4.37 Å². The second kappa shape index (κ2) is 6.60. The fraction of sp³-hybridized carbons (Fsp3) is 0.389. The zero-order chi connectivity index (χ0) is 16.5. The number of nitrogens with two attached hydrogens (primary N) is 1. The van der Waals surface area contributed by atoms with E-state index in [0.717, 1.165) is 28.3 Å². The van der Waals surface area contributed by atoms with Crippen molar-refractivity contribution in [3.05, 3.63) is 34.6 Å². The topological polar surface area (TPSA) is 64.1 Å². The molecule has 24 heavy (non-hydrogen) atoms. The standard InChI is InChI=1S/C18H19N3OS2/c1-11(19)9-15-14(7-6-12-4-5-12)16-17(23-15)18(24-21-16)20-10-13-3-2-8-22-13/h2-3,8,11-12,20H,4-5,9-10,19H2,1H3/t11-/m0/s1. The van der Waals surface area contributed by atoms with Gasteiger partial charge < -0.3 is 15.5 Å². The van der Waals surface area contributed by atoms with Crippen LogP contribution in [0.25, 0.3) is 10.2 Å². The van der Waals surface area contributed by atoms with Gasteiger partial charge in [-0.1, -0.05) is 11.8 Å². The molecule has 0 aliphatic heterocycles. The first-order valence-electron chi connectivity index (χ1n) is 8.15. The van der Waals surface area contributed by atoms with E-state index in [1.807, 2.05) is 19.1 Å². The van der Waals surface area contributed by atoms with Gasteiger partial charge in [0.05, 0.1) is 23.1 Å². The molecule has 4 nitrogen and oxygen atoms in total. The zero-order valence-electron chi connectivity index (χ0n) is 13.5. The van der Waals surface area contributed by atoms with Crippen LogP contribution in [0.3, 0.4) is 0 Å². The van der Waals surface area contributed by atoms with Crippen LogP contribution < -0.4 is 11.1 Å². The van der Waals surface area contributed by atoms with Crippen LogP contribution in [-0.2, 0) is 13.0 Å². The monoisotopic (exact) mass is 357 g/mol. The Balaban J connectivity index is 1.65. The number of thiophene rings is 1. The van der Waals surface area contributed by atoms with Crippen LogP contribution in [0.1, 0.15) is 36.0 Å². The van der Waals surface area contributed by atoms with Gasteiger partial charge in [-0.3, -0.25) is 0 Å². The summed E-state index contributed by atoms with van der Waals surface area (Å²) in [6, 6.07) is 3.99. The molecule has 0 radical (unpaired) electrons. The lowest BCUT2D eigenvalue weighted by Gasteiger charge is -2.02. The minimum atomic E-state index is 0.123. The highest BCUT2D eigenvalue weighted by Crippen LogP contribution is 2.39. The fourth-order valence-corrected chi connectivity index (χ4v) is 4.73. The zero-order valence-corrected chi connectivity index (χ0v) is 15.1. The molecule has 3 heterocycles. The van der Waals surface area contributed by atoms with E-state index >= 15 is 0 Å². The Morgan fingerprint density at radius 3 is 3.08 bits per heavy atom. The van der Waals surface area contributed by atoms with Gasteiger partial charge in [0, 0.05) is 16.8 Å². The molecule has 1 aliphatic rings. The Morgan fingerprint density at radius 1 is 1.50 bits per heavy atom. The smallest absolute Gasteiger partial charge is 0.127 e. The summed E-state index contributed by atoms with van der Waals surface area (Å²) in [6.07, 6.45) is 5.00. The second-order valence-electron chi connectivity index (χ2n) is 6.25. The van der Waals surface area contributed by atoms with Crippen LogP contribution in [0.15, 0.2) is 22.8 Å². The highest BCUT2D eigenvalue weighted by molar-refractivity contribution is 7.24. The molecule has 0 bridgehead atoms. The predicted molar refractivity (Wildman–Crippen MR) is 100 cm³/mol. The third kappa shape index (κ3) is 3.34. The van der Waals surface area contributed by atoms with E-state index in [1.165, 1.54) is 34.0 Å². The SMILES string of the molecule is C[C@H](N)Cc1sc2c(NCc3ccco3)snc2c1C#CC1CC1. The Hall–Kier alpha value is -1.81. The van der Waals surface area contributed by atoms with Crippen molar-refractivity contribution >= 4 is 38.1 Å². The first-order chi connectivity index (χ1) is 11.7. The van der Waals surface area contributed by atoms with Crippen LogP contribution in [0.2, 0.25) is 0 Å². The number of fused-ring (bicyclic) bond motifs is 1. The van der Waals surface area contributed by atoms with Crippen LogP contribution in [-0.4, -0.2) is 10.4 Å². The highest BCUT2D eigenvalue weighted by Gasteiger charge is 2.21. The second-order valence-corrected chi connectivity index (χ2v) is 8.13. The summed E-state index contributed by atoms with van der Waals surface area (Å²) in [5.41, 5.74) is 8.13. The molecule has 3 aromatic rings. The lowest BCUT2D eigenvalue weighted by Crippen LogP contribution is -2.17. The molecule has 1 saturated carbocycles. The molecule has 6 heteroatoms. The first-order valence-corrected chi connectivity index (χ1v) is 9.74. The van der Waals surface area contributed by atoms with Gasteiger partial charge in [0.25, 0.3) is 0 Å². The number of furan rings is 1. The van der Waals surface area contributed by atoms with Crippen LogP contribution >= 0.6 is 22.9 Å². The Morgan fingerprint density at radius 2 is 2.38 bits per heavy atom. The summed E-state index contributed by atoms with van der Waals surface area (Å²) in [4.78, 5) is 1.25. The van der Waals surface area contributed by atoms with Crippen LogP contribution in [0.5, 0.6) is 0 Å². The molecule has 0 unspecified atom stereocenters. The van der Waals surface area contributed by atoms with Crippen molar-refractivity contribution in [2.24, 2.45) is 11.7 Å². The number of aromatic nitrogens is 1. The van der Waals surface area contributed by atoms with Gasteiger partial charge in [0.2, 0.25) is 0 Å². The summed E-state index contributed by atoms with van der Waals surface area (Å²) in [6.45, 7) is 2.70. The van der Waals surface area contributed by atoms with E-state index in [4.69, 9.17) is 10.2 Å². The first kappa shape index (κ1) is 15.7. The van der Waals surface area contributed by atoms with E-state index in [2.05, 4.69) is 21.5 Å². The summed E-state index contributed by atoms with van der Waals surface area (Å²) < 4.78 is 11.2. The molecule has 0 amide bonds. The average molecular weight is 358 g/mol. The van der Waals surface area contributed by atoms with Crippen molar-refractivity contribution in [3.8, 4) is 11.8 Å². The van der Waals surface area contributed by atoms with Crippen molar-refractivity contribution < 1.29 is 4.42 Å². The van der Waals surface area contributed by atoms with Crippen molar-refractivity contribution in [1.82, 2.24) is 4.37 Å². The molecule has 4 rings (SSSR count). The minimum Gasteiger partial charge on any atom is -0.467 e. The van der Waals surface area contributed by atoms with Crippen molar-refractivity contribution in [2.75, 3.05) is 5.32 Å². The number of nitrogens with zero attached hydrogens (tertiary/aromatic N) is 1. The van der Waals surface area contributed by atoms with E-state index in [1.54, 1.807) is 17.6 Å². The van der Waals surface area contributed by atoms with Gasteiger partial charge in [-0.05, 0) is 49.9 Å². The fourth-order valence-electron chi connectivity index (χ4n) is 2.50. The molecule has 0 spiro atoms. The number of anilines is 1. The maximum Gasteiger partial charge on any atom is 0.127 e. The number of hydrogen-bond acceptors (Lipinski definition) is 6. The molecule has 0 saturated heterocycles. The normalized spacial score (nSPS) is 15.2.